The molecule has 0 aliphatic carbocycles. The Labute approximate surface area is 92.0 Å². The van der Waals surface area contributed by atoms with Crippen molar-refractivity contribution in [1.82, 2.24) is 9.80 Å². The first kappa shape index (κ1) is 11.3. The summed E-state index contributed by atoms with van der Waals surface area (Å²) in [7, 11) is 2.18. The number of aliphatic hydroxyl groups is 1. The minimum Gasteiger partial charge on any atom is -0.394 e. The van der Waals surface area contributed by atoms with Crippen molar-refractivity contribution in [3.8, 4) is 0 Å². The van der Waals surface area contributed by atoms with Gasteiger partial charge in [0.1, 0.15) is 0 Å². The van der Waals surface area contributed by atoms with Crippen molar-refractivity contribution in [2.24, 2.45) is 5.73 Å². The monoisotopic (exact) mass is 213 g/mol. The van der Waals surface area contributed by atoms with Crippen LogP contribution in [0.15, 0.2) is 0 Å². The van der Waals surface area contributed by atoms with E-state index in [1.807, 2.05) is 0 Å². The van der Waals surface area contributed by atoms with Gasteiger partial charge in [0, 0.05) is 19.1 Å². The first-order valence-electron chi connectivity index (χ1n) is 5.95. The van der Waals surface area contributed by atoms with Crippen molar-refractivity contribution in [3.05, 3.63) is 0 Å². The van der Waals surface area contributed by atoms with Crippen molar-refractivity contribution >= 4 is 0 Å². The van der Waals surface area contributed by atoms with Crippen LogP contribution >= 0.6 is 0 Å². The molecule has 0 saturated carbocycles. The van der Waals surface area contributed by atoms with Crippen LogP contribution in [0, 0.1) is 0 Å². The zero-order chi connectivity index (χ0) is 10.9. The molecule has 1 unspecified atom stereocenters. The van der Waals surface area contributed by atoms with Crippen molar-refractivity contribution in [1.29, 1.82) is 0 Å². The molecule has 0 aromatic carbocycles. The van der Waals surface area contributed by atoms with Crippen molar-refractivity contribution < 1.29 is 5.11 Å². The second-order valence-corrected chi connectivity index (χ2v) is 5.28. The summed E-state index contributed by atoms with van der Waals surface area (Å²) >= 11 is 0. The molecule has 2 saturated heterocycles. The van der Waals surface area contributed by atoms with Gasteiger partial charge in [-0.3, -0.25) is 4.90 Å². The molecule has 3 N–H and O–H groups in total. The molecule has 1 atom stereocenters. The maximum Gasteiger partial charge on any atom is 0.0624 e. The largest absolute Gasteiger partial charge is 0.394 e. The van der Waals surface area contributed by atoms with E-state index in [2.05, 4.69) is 16.8 Å². The van der Waals surface area contributed by atoms with Gasteiger partial charge in [0.15, 0.2) is 0 Å². The Kier molecular flexibility index (Phi) is 3.30. The Balaban J connectivity index is 1.86. The summed E-state index contributed by atoms with van der Waals surface area (Å²) < 4.78 is 0. The molecule has 0 spiro atoms. The number of aliphatic hydroxyl groups excluding tert-OH is 1. The van der Waals surface area contributed by atoms with Crippen LogP contribution in [0.1, 0.15) is 19.3 Å². The third-order valence-electron chi connectivity index (χ3n) is 3.93. The maximum absolute atomic E-state index is 9.22. The lowest BCUT2D eigenvalue weighted by Gasteiger charge is -2.35. The molecule has 2 aliphatic heterocycles. The second-order valence-electron chi connectivity index (χ2n) is 5.28. The number of hydrogen-bond acceptors (Lipinski definition) is 4. The van der Waals surface area contributed by atoms with E-state index < -0.39 is 0 Å². The molecule has 0 aromatic rings. The molecule has 0 amide bonds. The Bertz CT molecular complexity index is 216. The van der Waals surface area contributed by atoms with Gasteiger partial charge in [0.2, 0.25) is 0 Å². The predicted octanol–water partition coefficient (Wildman–Crippen LogP) is -0.524. The van der Waals surface area contributed by atoms with E-state index in [1.165, 1.54) is 25.9 Å². The Morgan fingerprint density at radius 3 is 2.53 bits per heavy atom. The second kappa shape index (κ2) is 4.37. The summed E-state index contributed by atoms with van der Waals surface area (Å²) in [4.78, 5) is 4.86. The zero-order valence-corrected chi connectivity index (χ0v) is 9.65. The normalized spacial score (nSPS) is 36.2. The third-order valence-corrected chi connectivity index (χ3v) is 3.93. The SMILES string of the molecule is CN1CCC(N2CCC(N)(CO)C2)CC1. The number of hydrogen-bond donors (Lipinski definition) is 2. The highest BCUT2D eigenvalue weighted by molar-refractivity contribution is 4.96. The fourth-order valence-electron chi connectivity index (χ4n) is 2.73. The molecule has 2 aliphatic rings. The Hall–Kier alpha value is -0.160. The van der Waals surface area contributed by atoms with E-state index in [1.54, 1.807) is 0 Å². The quantitative estimate of drug-likeness (QED) is 0.648. The minimum atomic E-state index is -0.330. The van der Waals surface area contributed by atoms with Crippen LogP contribution in [0.25, 0.3) is 0 Å². The minimum absolute atomic E-state index is 0.121. The first-order chi connectivity index (χ1) is 7.13. The van der Waals surface area contributed by atoms with Crippen LogP contribution < -0.4 is 5.73 Å². The van der Waals surface area contributed by atoms with E-state index in [-0.39, 0.29) is 12.1 Å². The zero-order valence-electron chi connectivity index (χ0n) is 9.65. The molecular formula is C11H23N3O. The molecular weight excluding hydrogens is 190 g/mol. The average molecular weight is 213 g/mol. The molecule has 0 bridgehead atoms. The van der Waals surface area contributed by atoms with Gasteiger partial charge >= 0.3 is 0 Å². The lowest BCUT2D eigenvalue weighted by atomic mass is 10.0. The maximum atomic E-state index is 9.22. The summed E-state index contributed by atoms with van der Waals surface area (Å²) in [5.41, 5.74) is 5.75. The molecule has 0 aromatic heterocycles. The van der Waals surface area contributed by atoms with Gasteiger partial charge in [-0.25, -0.2) is 0 Å². The number of nitrogens with two attached hydrogens (primary N) is 1. The molecule has 2 rings (SSSR count). The molecule has 15 heavy (non-hydrogen) atoms. The lowest BCUT2D eigenvalue weighted by Crippen LogP contribution is -2.49. The lowest BCUT2D eigenvalue weighted by molar-refractivity contribution is 0.127. The Morgan fingerprint density at radius 1 is 1.33 bits per heavy atom. The van der Waals surface area contributed by atoms with E-state index in [9.17, 15) is 5.11 Å². The van der Waals surface area contributed by atoms with Gasteiger partial charge in [0.25, 0.3) is 0 Å². The predicted molar refractivity (Wildman–Crippen MR) is 60.7 cm³/mol. The van der Waals surface area contributed by atoms with Crippen molar-refractivity contribution in [2.75, 3.05) is 39.8 Å². The molecule has 4 heteroatoms. The molecule has 2 heterocycles. The van der Waals surface area contributed by atoms with Crippen LogP contribution in [0.4, 0.5) is 0 Å². The summed E-state index contributed by atoms with van der Waals surface area (Å²) in [5.74, 6) is 0. The van der Waals surface area contributed by atoms with Gasteiger partial charge in [-0.1, -0.05) is 0 Å². The fraction of sp³-hybridized carbons (Fsp3) is 1.00. The van der Waals surface area contributed by atoms with Gasteiger partial charge in [-0.05, 0) is 39.4 Å². The van der Waals surface area contributed by atoms with Crippen molar-refractivity contribution in [2.45, 2.75) is 30.8 Å². The van der Waals surface area contributed by atoms with Crippen LogP contribution in [0.5, 0.6) is 0 Å². The Morgan fingerprint density at radius 2 is 2.00 bits per heavy atom. The van der Waals surface area contributed by atoms with E-state index in [0.29, 0.717) is 6.04 Å². The van der Waals surface area contributed by atoms with E-state index in [4.69, 9.17) is 5.73 Å². The molecule has 0 radical (unpaired) electrons. The van der Waals surface area contributed by atoms with Crippen LogP contribution in [0.3, 0.4) is 0 Å². The fourth-order valence-corrected chi connectivity index (χ4v) is 2.73. The summed E-state index contributed by atoms with van der Waals surface area (Å²) in [5, 5.41) is 9.22. The topological polar surface area (TPSA) is 52.7 Å². The third kappa shape index (κ3) is 2.50. The first-order valence-corrected chi connectivity index (χ1v) is 5.95. The summed E-state index contributed by atoms with van der Waals surface area (Å²) in [6, 6.07) is 0.693. The summed E-state index contributed by atoms with van der Waals surface area (Å²) in [6.07, 6.45) is 3.44. The standard InChI is InChI=1S/C11H23N3O/c1-13-5-2-10(3-6-13)14-7-4-11(12,8-14)9-15/h10,15H,2-9,12H2,1H3. The van der Waals surface area contributed by atoms with Crippen LogP contribution in [0.2, 0.25) is 0 Å². The number of rotatable bonds is 2. The summed E-state index contributed by atoms with van der Waals surface area (Å²) in [6.45, 7) is 4.44. The van der Waals surface area contributed by atoms with E-state index >= 15 is 0 Å². The van der Waals surface area contributed by atoms with Crippen LogP contribution in [-0.2, 0) is 0 Å². The molecule has 2 fully saturated rings. The smallest absolute Gasteiger partial charge is 0.0624 e. The van der Waals surface area contributed by atoms with Crippen LogP contribution in [-0.4, -0.2) is 66.3 Å². The van der Waals surface area contributed by atoms with Gasteiger partial charge < -0.3 is 15.7 Å². The highest BCUT2D eigenvalue weighted by atomic mass is 16.3. The highest BCUT2D eigenvalue weighted by Crippen LogP contribution is 2.24. The molecule has 4 nitrogen and oxygen atoms in total. The van der Waals surface area contributed by atoms with Gasteiger partial charge in [-0.2, -0.15) is 0 Å². The average Bonchev–Trinajstić information content (AvgIpc) is 2.63. The number of nitrogens with zero attached hydrogens (tertiary/aromatic N) is 2. The van der Waals surface area contributed by atoms with Gasteiger partial charge in [-0.15, -0.1) is 0 Å². The van der Waals surface area contributed by atoms with E-state index in [0.717, 1.165) is 19.5 Å². The van der Waals surface area contributed by atoms with Crippen molar-refractivity contribution in [3.63, 3.8) is 0 Å². The molecule has 88 valence electrons. The van der Waals surface area contributed by atoms with Gasteiger partial charge in [0.05, 0.1) is 12.1 Å². The number of likely N-dealkylation sites (tertiary alicyclic amines) is 2. The number of piperidine rings is 1. The highest BCUT2D eigenvalue weighted by Gasteiger charge is 2.37.